The highest BCUT2D eigenvalue weighted by molar-refractivity contribution is 7.89. The van der Waals surface area contributed by atoms with Crippen molar-refractivity contribution < 1.29 is 17.9 Å². The minimum atomic E-state index is -3.88. The molecule has 278 valence electrons. The van der Waals surface area contributed by atoms with E-state index in [1.165, 1.54) is 4.31 Å². The molecule has 4 heterocycles. The molecular formula is C40H48N8O4S. The maximum absolute atomic E-state index is 14.2. The van der Waals surface area contributed by atoms with Crippen molar-refractivity contribution in [1.82, 2.24) is 29.3 Å². The van der Waals surface area contributed by atoms with Gasteiger partial charge in [-0.3, -0.25) is 4.79 Å². The van der Waals surface area contributed by atoms with E-state index in [-0.39, 0.29) is 35.6 Å². The van der Waals surface area contributed by atoms with Crippen molar-refractivity contribution in [2.75, 3.05) is 24.5 Å². The maximum Gasteiger partial charge on any atom is 0.252 e. The molecule has 2 aromatic heterocycles. The number of nitrogens with two attached hydrogens (primary N) is 1. The molecule has 1 saturated heterocycles. The van der Waals surface area contributed by atoms with Gasteiger partial charge >= 0.3 is 0 Å². The van der Waals surface area contributed by atoms with Gasteiger partial charge in [0.05, 0.1) is 23.3 Å². The first-order valence-electron chi connectivity index (χ1n) is 18.4. The van der Waals surface area contributed by atoms with Crippen molar-refractivity contribution in [2.24, 2.45) is 5.73 Å². The SMILES string of the molecule is CC[C@@H]1CN(Cc2cc([C@@H](c3ccc4c(nnn4CC)c3C)C(C)(C)c3nc(N4CCCC4)ncc3C(N)=O)ccc2C)S(=O)(=O)c2ccccc2O1. The van der Waals surface area contributed by atoms with Gasteiger partial charge in [0.1, 0.15) is 22.3 Å². The molecule has 53 heavy (non-hydrogen) atoms. The van der Waals surface area contributed by atoms with E-state index in [2.05, 4.69) is 65.2 Å². The van der Waals surface area contributed by atoms with E-state index in [9.17, 15) is 13.2 Å². The van der Waals surface area contributed by atoms with Crippen molar-refractivity contribution in [3.8, 4) is 5.75 Å². The van der Waals surface area contributed by atoms with Crippen molar-refractivity contribution in [2.45, 2.75) is 96.2 Å². The van der Waals surface area contributed by atoms with Crippen molar-refractivity contribution in [3.05, 3.63) is 99.9 Å². The van der Waals surface area contributed by atoms with Crippen molar-refractivity contribution >= 4 is 32.9 Å². The van der Waals surface area contributed by atoms with E-state index >= 15 is 0 Å². The van der Waals surface area contributed by atoms with Gasteiger partial charge in [0.15, 0.2) is 0 Å². The van der Waals surface area contributed by atoms with Crippen LogP contribution < -0.4 is 15.4 Å². The molecule has 2 aliphatic rings. The van der Waals surface area contributed by atoms with Crippen LogP contribution in [0.1, 0.15) is 96.7 Å². The first-order valence-corrected chi connectivity index (χ1v) is 19.9. The summed E-state index contributed by atoms with van der Waals surface area (Å²) in [5.74, 6) is -0.00723. The fourth-order valence-corrected chi connectivity index (χ4v) is 9.57. The number of amides is 1. The molecule has 0 aliphatic carbocycles. The monoisotopic (exact) mass is 736 g/mol. The second-order valence-electron chi connectivity index (χ2n) is 14.8. The van der Waals surface area contributed by atoms with Crippen LogP contribution in [0.4, 0.5) is 5.95 Å². The summed E-state index contributed by atoms with van der Waals surface area (Å²) < 4.78 is 38.0. The highest BCUT2D eigenvalue weighted by Gasteiger charge is 2.41. The zero-order chi connectivity index (χ0) is 37.7. The van der Waals surface area contributed by atoms with E-state index in [0.29, 0.717) is 30.4 Å². The standard InChI is InChI=1S/C40H48N8O4S/c1-7-29-24-47(53(50,51)34-14-10-9-13-33(34)52-29)23-28-21-27(16-15-25(28)3)35(30-17-18-32-36(26(30)4)44-45-48(32)8-2)40(5,6)37-31(38(41)49)22-42-39(43-37)46-19-11-12-20-46/h9-10,13-18,21-22,29,35H,7-8,11-12,19-20,23-24H2,1-6H3,(H2,41,49)/t29-,35+/m1/s1. The first kappa shape index (κ1) is 36.5. The fraction of sp³-hybridized carbons (Fsp3) is 0.425. The molecule has 2 atom stereocenters. The topological polar surface area (TPSA) is 149 Å². The van der Waals surface area contributed by atoms with Gasteiger partial charge in [-0.25, -0.2) is 23.1 Å². The Balaban J connectivity index is 1.40. The van der Waals surface area contributed by atoms with E-state index < -0.39 is 21.3 Å². The van der Waals surface area contributed by atoms with Crippen LogP contribution in [-0.4, -0.2) is 69.3 Å². The summed E-state index contributed by atoms with van der Waals surface area (Å²) in [6, 6.07) is 17.3. The number of hydrogen-bond acceptors (Lipinski definition) is 9. The summed E-state index contributed by atoms with van der Waals surface area (Å²) in [5, 5.41) is 8.99. The van der Waals surface area contributed by atoms with Crippen LogP contribution >= 0.6 is 0 Å². The highest BCUT2D eigenvalue weighted by Crippen LogP contribution is 2.46. The van der Waals surface area contributed by atoms with Gasteiger partial charge in [0.25, 0.3) is 5.91 Å². The lowest BCUT2D eigenvalue weighted by molar-refractivity contribution is 0.0996. The predicted molar refractivity (Wildman–Crippen MR) is 205 cm³/mol. The Hall–Kier alpha value is -4.88. The maximum atomic E-state index is 14.2. The summed E-state index contributed by atoms with van der Waals surface area (Å²) in [6.45, 7) is 15.0. The summed E-state index contributed by atoms with van der Waals surface area (Å²) in [6.07, 6.45) is 4.02. The largest absolute Gasteiger partial charge is 0.488 e. The fourth-order valence-electron chi connectivity index (χ4n) is 8.00. The number of aromatic nitrogens is 5. The van der Waals surface area contributed by atoms with Gasteiger partial charge in [-0.2, -0.15) is 4.31 Å². The van der Waals surface area contributed by atoms with Gasteiger partial charge in [-0.05, 0) is 86.1 Å². The van der Waals surface area contributed by atoms with Crippen LogP contribution in [0, 0.1) is 13.8 Å². The van der Waals surface area contributed by atoms with Crippen LogP contribution in [0.25, 0.3) is 11.0 Å². The molecule has 0 spiro atoms. The lowest BCUT2D eigenvalue weighted by Gasteiger charge is -2.37. The Morgan fingerprint density at radius 2 is 1.81 bits per heavy atom. The Morgan fingerprint density at radius 1 is 1.06 bits per heavy atom. The van der Waals surface area contributed by atoms with Gasteiger partial charge < -0.3 is 15.4 Å². The number of carbonyl (C=O) groups excluding carboxylic acids is 1. The molecule has 0 radical (unpaired) electrons. The molecule has 13 heteroatoms. The number of rotatable bonds is 10. The van der Waals surface area contributed by atoms with E-state index in [1.54, 1.807) is 30.5 Å². The molecule has 7 rings (SSSR count). The Labute approximate surface area is 311 Å². The van der Waals surface area contributed by atoms with Crippen LogP contribution in [0.5, 0.6) is 5.75 Å². The van der Waals surface area contributed by atoms with Crippen LogP contribution in [0.3, 0.4) is 0 Å². The number of nitrogens with zero attached hydrogens (tertiary/aromatic N) is 7. The molecule has 12 nitrogen and oxygen atoms in total. The zero-order valence-corrected chi connectivity index (χ0v) is 32.2. The minimum Gasteiger partial charge on any atom is -0.488 e. The Morgan fingerprint density at radius 3 is 2.53 bits per heavy atom. The smallest absolute Gasteiger partial charge is 0.252 e. The lowest BCUT2D eigenvalue weighted by atomic mass is 9.67. The van der Waals surface area contributed by atoms with Crippen LogP contribution in [0.15, 0.2) is 65.7 Å². The number of sulfonamides is 1. The van der Waals surface area contributed by atoms with Crippen molar-refractivity contribution in [3.63, 3.8) is 0 Å². The third-order valence-electron chi connectivity index (χ3n) is 11.0. The second-order valence-corrected chi connectivity index (χ2v) is 16.7. The number of primary amides is 1. The van der Waals surface area contributed by atoms with Gasteiger partial charge in [-0.15, -0.1) is 5.10 Å². The van der Waals surface area contributed by atoms with E-state index in [1.807, 2.05) is 31.5 Å². The highest BCUT2D eigenvalue weighted by atomic mass is 32.2. The molecule has 2 N–H and O–H groups in total. The molecular weight excluding hydrogens is 689 g/mol. The summed E-state index contributed by atoms with van der Waals surface area (Å²) in [5.41, 5.74) is 12.5. The van der Waals surface area contributed by atoms with E-state index in [0.717, 1.165) is 64.8 Å². The first-order chi connectivity index (χ1) is 25.3. The number of para-hydroxylation sites is 1. The summed E-state index contributed by atoms with van der Waals surface area (Å²) in [4.78, 5) is 25.1. The second kappa shape index (κ2) is 14.2. The Kier molecular flexibility index (Phi) is 9.75. The molecule has 0 unspecified atom stereocenters. The minimum absolute atomic E-state index is 0.158. The lowest BCUT2D eigenvalue weighted by Crippen LogP contribution is -2.37. The molecule has 5 aromatic rings. The van der Waals surface area contributed by atoms with Crippen LogP contribution in [0.2, 0.25) is 0 Å². The number of anilines is 1. The van der Waals surface area contributed by atoms with Crippen molar-refractivity contribution in [1.29, 1.82) is 0 Å². The quantitative estimate of drug-likeness (QED) is 0.181. The number of ether oxygens (including phenoxy) is 1. The van der Waals surface area contributed by atoms with Gasteiger partial charge in [0.2, 0.25) is 16.0 Å². The van der Waals surface area contributed by atoms with Gasteiger partial charge in [0, 0.05) is 43.7 Å². The molecule has 3 aromatic carbocycles. The summed E-state index contributed by atoms with van der Waals surface area (Å²) in [7, 11) is -3.88. The predicted octanol–water partition coefficient (Wildman–Crippen LogP) is 6.03. The average Bonchev–Trinajstić information content (AvgIpc) is 3.82. The third-order valence-corrected chi connectivity index (χ3v) is 12.9. The number of benzene rings is 3. The number of carbonyl (C=O) groups is 1. The summed E-state index contributed by atoms with van der Waals surface area (Å²) >= 11 is 0. The molecule has 0 bridgehead atoms. The van der Waals surface area contributed by atoms with Gasteiger partial charge in [-0.1, -0.05) is 62.4 Å². The average molecular weight is 737 g/mol. The third kappa shape index (κ3) is 6.54. The van der Waals surface area contributed by atoms with E-state index in [4.69, 9.17) is 15.5 Å². The Bertz CT molecular complexity index is 2300. The normalized spacial score (nSPS) is 18.1. The number of fused-ring (bicyclic) bond motifs is 2. The zero-order valence-electron chi connectivity index (χ0n) is 31.3. The molecule has 1 fully saturated rings. The molecule has 0 saturated carbocycles. The number of aryl methyl sites for hydroxylation is 3. The van der Waals surface area contributed by atoms with Crippen LogP contribution in [-0.2, 0) is 28.5 Å². The molecule has 2 aliphatic heterocycles. The molecule has 1 amide bonds. The number of hydrogen-bond donors (Lipinski definition) is 1.